The lowest BCUT2D eigenvalue weighted by atomic mass is 10.0. The van der Waals surface area contributed by atoms with Crippen LogP contribution in [0, 0.1) is 0 Å². The van der Waals surface area contributed by atoms with Gasteiger partial charge in [0.1, 0.15) is 5.75 Å². The molecule has 7 heteroatoms. The van der Waals surface area contributed by atoms with E-state index in [0.717, 1.165) is 25.0 Å². The summed E-state index contributed by atoms with van der Waals surface area (Å²) in [6.07, 6.45) is 3.18. The summed E-state index contributed by atoms with van der Waals surface area (Å²) in [6.45, 7) is 0. The van der Waals surface area contributed by atoms with E-state index in [2.05, 4.69) is 16.0 Å². The number of carbonyl (C=O) groups is 2. The molecule has 0 unspecified atom stereocenters. The third-order valence-corrected chi connectivity index (χ3v) is 5.77. The van der Waals surface area contributed by atoms with Gasteiger partial charge in [0.2, 0.25) is 5.91 Å². The maximum Gasteiger partial charge on any atom is 0.315 e. The predicted octanol–water partition coefficient (Wildman–Crippen LogP) is 2.06. The van der Waals surface area contributed by atoms with Crippen LogP contribution < -0.4 is 16.0 Å². The van der Waals surface area contributed by atoms with Crippen molar-refractivity contribution in [3.63, 3.8) is 0 Å². The molecule has 2 fully saturated rings. The van der Waals surface area contributed by atoms with E-state index >= 15 is 0 Å². The van der Waals surface area contributed by atoms with E-state index in [4.69, 9.17) is 0 Å². The van der Waals surface area contributed by atoms with Crippen LogP contribution in [0.3, 0.4) is 0 Å². The highest BCUT2D eigenvalue weighted by molar-refractivity contribution is 8.00. The van der Waals surface area contributed by atoms with E-state index in [1.807, 2.05) is 11.8 Å². The molecule has 2 aliphatic rings. The van der Waals surface area contributed by atoms with Gasteiger partial charge in [0.15, 0.2) is 0 Å². The fourth-order valence-electron chi connectivity index (χ4n) is 3.07. The molecule has 2 aliphatic heterocycles. The maximum absolute atomic E-state index is 11.9. The number of amides is 3. The van der Waals surface area contributed by atoms with Crippen molar-refractivity contribution in [2.75, 3.05) is 11.1 Å². The first-order valence-electron chi connectivity index (χ1n) is 7.90. The van der Waals surface area contributed by atoms with Gasteiger partial charge in [-0.2, -0.15) is 11.8 Å². The Hall–Kier alpha value is -1.89. The molecule has 0 aromatic heterocycles. The molecule has 3 atom stereocenters. The van der Waals surface area contributed by atoms with Crippen LogP contribution in [0.4, 0.5) is 10.5 Å². The number of urea groups is 1. The Bertz CT molecular complexity index is 596. The van der Waals surface area contributed by atoms with Gasteiger partial charge in [0.05, 0.1) is 17.8 Å². The first-order chi connectivity index (χ1) is 11.1. The minimum atomic E-state index is -0.0840. The molecule has 3 rings (SSSR count). The topological polar surface area (TPSA) is 90.5 Å². The second-order valence-electron chi connectivity index (χ2n) is 5.93. The maximum atomic E-state index is 11.9. The second-order valence-corrected chi connectivity index (χ2v) is 7.21. The zero-order valence-electron chi connectivity index (χ0n) is 12.7. The smallest absolute Gasteiger partial charge is 0.315 e. The molecule has 0 aliphatic carbocycles. The molecule has 6 nitrogen and oxygen atoms in total. The van der Waals surface area contributed by atoms with Crippen molar-refractivity contribution in [3.05, 3.63) is 24.3 Å². The number of thioether (sulfide) groups is 1. The fourth-order valence-corrected chi connectivity index (χ4v) is 4.61. The number of hydrogen-bond donors (Lipinski definition) is 4. The fraction of sp³-hybridized carbons (Fsp3) is 0.500. The van der Waals surface area contributed by atoms with E-state index in [-0.39, 0.29) is 29.8 Å². The molecule has 1 aromatic rings. The van der Waals surface area contributed by atoms with Gasteiger partial charge < -0.3 is 21.1 Å². The number of rotatable bonds is 6. The Morgan fingerprint density at radius 2 is 2.13 bits per heavy atom. The Morgan fingerprint density at radius 3 is 2.96 bits per heavy atom. The zero-order chi connectivity index (χ0) is 16.2. The number of phenolic OH excluding ortho intramolecular Hbond substituents is 1. The van der Waals surface area contributed by atoms with Crippen LogP contribution in [0.1, 0.15) is 25.7 Å². The van der Waals surface area contributed by atoms with E-state index in [1.54, 1.807) is 24.3 Å². The highest BCUT2D eigenvalue weighted by Gasteiger charge is 2.42. The van der Waals surface area contributed by atoms with Gasteiger partial charge in [-0.1, -0.05) is 18.6 Å². The minimum absolute atomic E-state index is 0.0626. The predicted molar refractivity (Wildman–Crippen MR) is 90.7 cm³/mol. The van der Waals surface area contributed by atoms with Gasteiger partial charge in [-0.05, 0) is 25.0 Å². The third-order valence-electron chi connectivity index (χ3n) is 4.26. The molecule has 3 amide bonds. The molecule has 4 N–H and O–H groups in total. The summed E-state index contributed by atoms with van der Waals surface area (Å²) < 4.78 is 0. The minimum Gasteiger partial charge on any atom is -0.506 e. The first kappa shape index (κ1) is 16.0. The standard InChI is InChI=1S/C16H21N3O3S/c20-12-6-2-1-5-10(12)17-14(21)8-4-3-7-13-15-11(9-23-13)18-16(22)19-15/h1-2,5-6,11,13,15,20H,3-4,7-9H2,(H,17,21)(H2,18,19,22)/t11-,13-,15-/m0/s1. The number of phenols is 1. The Balaban J connectivity index is 1.36. The number of para-hydroxylation sites is 2. The lowest BCUT2D eigenvalue weighted by Crippen LogP contribution is -2.36. The van der Waals surface area contributed by atoms with Gasteiger partial charge in [-0.25, -0.2) is 4.79 Å². The number of hydrogen-bond acceptors (Lipinski definition) is 4. The second kappa shape index (κ2) is 7.12. The van der Waals surface area contributed by atoms with Crippen molar-refractivity contribution in [3.8, 4) is 5.75 Å². The van der Waals surface area contributed by atoms with Crippen molar-refractivity contribution in [2.24, 2.45) is 0 Å². The molecule has 2 saturated heterocycles. The molecule has 1 aromatic carbocycles. The van der Waals surface area contributed by atoms with Crippen LogP contribution in [0.5, 0.6) is 5.75 Å². The van der Waals surface area contributed by atoms with Crippen molar-refractivity contribution < 1.29 is 14.7 Å². The highest BCUT2D eigenvalue weighted by atomic mass is 32.2. The van der Waals surface area contributed by atoms with E-state index < -0.39 is 0 Å². The van der Waals surface area contributed by atoms with E-state index in [9.17, 15) is 14.7 Å². The van der Waals surface area contributed by atoms with Crippen LogP contribution in [0.25, 0.3) is 0 Å². The molecule has 2 heterocycles. The molecular formula is C16H21N3O3S. The van der Waals surface area contributed by atoms with Crippen LogP contribution >= 0.6 is 11.8 Å². The highest BCUT2D eigenvalue weighted by Crippen LogP contribution is 2.33. The largest absolute Gasteiger partial charge is 0.506 e. The molecular weight excluding hydrogens is 314 g/mol. The van der Waals surface area contributed by atoms with E-state index in [0.29, 0.717) is 17.4 Å². The van der Waals surface area contributed by atoms with Crippen molar-refractivity contribution in [2.45, 2.75) is 43.0 Å². The first-order valence-corrected chi connectivity index (χ1v) is 8.95. The van der Waals surface area contributed by atoms with Crippen LogP contribution in [-0.2, 0) is 4.79 Å². The molecule has 0 radical (unpaired) electrons. The molecule has 0 saturated carbocycles. The summed E-state index contributed by atoms with van der Waals surface area (Å²) >= 11 is 1.89. The van der Waals surface area contributed by atoms with Gasteiger partial charge in [-0.3, -0.25) is 4.79 Å². The number of benzene rings is 1. The number of carbonyl (C=O) groups excluding carboxylic acids is 2. The van der Waals surface area contributed by atoms with Crippen LogP contribution in [0.2, 0.25) is 0 Å². The Labute approximate surface area is 139 Å². The molecule has 124 valence electrons. The van der Waals surface area contributed by atoms with Crippen LogP contribution in [0.15, 0.2) is 24.3 Å². The Morgan fingerprint density at radius 1 is 1.30 bits per heavy atom. The Kier molecular flexibility index (Phi) is 4.95. The van der Waals surface area contributed by atoms with Crippen molar-refractivity contribution in [1.29, 1.82) is 0 Å². The van der Waals surface area contributed by atoms with Gasteiger partial charge in [-0.15, -0.1) is 0 Å². The van der Waals surface area contributed by atoms with Gasteiger partial charge in [0.25, 0.3) is 0 Å². The average molecular weight is 335 g/mol. The average Bonchev–Trinajstić information content (AvgIpc) is 3.06. The monoisotopic (exact) mass is 335 g/mol. The summed E-state index contributed by atoms with van der Waals surface area (Å²) in [6, 6.07) is 7.13. The summed E-state index contributed by atoms with van der Waals surface area (Å²) in [5.74, 6) is 0.958. The van der Waals surface area contributed by atoms with Gasteiger partial charge >= 0.3 is 6.03 Å². The lowest BCUT2D eigenvalue weighted by Gasteiger charge is -2.16. The lowest BCUT2D eigenvalue weighted by molar-refractivity contribution is -0.116. The van der Waals surface area contributed by atoms with Crippen molar-refractivity contribution in [1.82, 2.24) is 10.6 Å². The summed E-state index contributed by atoms with van der Waals surface area (Å²) in [4.78, 5) is 23.2. The third kappa shape index (κ3) is 3.90. The zero-order valence-corrected chi connectivity index (χ0v) is 13.6. The number of nitrogens with one attached hydrogen (secondary N) is 3. The number of fused-ring (bicyclic) bond motifs is 1. The van der Waals surface area contributed by atoms with Crippen LogP contribution in [-0.4, -0.2) is 40.1 Å². The number of unbranched alkanes of at least 4 members (excludes halogenated alkanes) is 1. The number of aromatic hydroxyl groups is 1. The number of anilines is 1. The summed E-state index contributed by atoms with van der Waals surface area (Å²) in [5.41, 5.74) is 0.450. The molecule has 0 bridgehead atoms. The quantitative estimate of drug-likeness (QED) is 0.364. The molecule has 0 spiro atoms. The van der Waals surface area contributed by atoms with Gasteiger partial charge in [0, 0.05) is 17.4 Å². The summed E-state index contributed by atoms with van der Waals surface area (Å²) in [5, 5.41) is 18.7. The van der Waals surface area contributed by atoms with E-state index in [1.165, 1.54) is 0 Å². The normalized spacial score (nSPS) is 25.6. The summed E-state index contributed by atoms with van der Waals surface area (Å²) in [7, 11) is 0. The molecule has 23 heavy (non-hydrogen) atoms. The van der Waals surface area contributed by atoms with Crippen molar-refractivity contribution >= 4 is 29.4 Å². The SMILES string of the molecule is O=C(CCCC[C@@H]1SC[C@@H]2NC(=O)N[C@@H]21)Nc1ccccc1O.